The summed E-state index contributed by atoms with van der Waals surface area (Å²) in [6, 6.07) is 0.676. The van der Waals surface area contributed by atoms with Gasteiger partial charge in [-0.05, 0) is 52.7 Å². The molecule has 0 atom stereocenters. The number of likely N-dealkylation sites (tertiary alicyclic amines) is 1. The van der Waals surface area contributed by atoms with Gasteiger partial charge in [-0.1, -0.05) is 13.8 Å². The Morgan fingerprint density at radius 1 is 0.962 bits per heavy atom. The van der Waals surface area contributed by atoms with Crippen LogP contribution in [0.2, 0.25) is 0 Å². The SMILES string of the molecule is CC.CNCCNC(=O)CN1CCC(CN2CCN(C(C)C)CC2)CC1. The monoisotopic (exact) mass is 369 g/mol. The number of carbonyl (C=O) groups is 1. The zero-order valence-corrected chi connectivity index (χ0v) is 17.9. The Kier molecular flexibility index (Phi) is 12.1. The normalized spacial score (nSPS) is 20.7. The van der Waals surface area contributed by atoms with Crippen molar-refractivity contribution >= 4 is 5.91 Å². The second-order valence-electron chi connectivity index (χ2n) is 7.60. The van der Waals surface area contributed by atoms with Crippen molar-refractivity contribution in [3.63, 3.8) is 0 Å². The van der Waals surface area contributed by atoms with Crippen LogP contribution in [0.15, 0.2) is 0 Å². The molecule has 0 unspecified atom stereocenters. The molecule has 6 heteroatoms. The molecule has 1 amide bonds. The lowest BCUT2D eigenvalue weighted by Crippen LogP contribution is -2.51. The van der Waals surface area contributed by atoms with E-state index in [2.05, 4.69) is 39.2 Å². The first-order chi connectivity index (χ1) is 12.6. The van der Waals surface area contributed by atoms with Gasteiger partial charge in [0.05, 0.1) is 6.54 Å². The quantitative estimate of drug-likeness (QED) is 0.627. The average Bonchev–Trinajstić information content (AvgIpc) is 2.66. The molecular formula is C20H43N5O. The summed E-state index contributed by atoms with van der Waals surface area (Å²) in [4.78, 5) is 19.4. The predicted molar refractivity (Wildman–Crippen MR) is 111 cm³/mol. The maximum atomic E-state index is 11.9. The molecule has 2 aliphatic rings. The first-order valence-electron chi connectivity index (χ1n) is 10.7. The summed E-state index contributed by atoms with van der Waals surface area (Å²) >= 11 is 0. The fourth-order valence-corrected chi connectivity index (χ4v) is 3.74. The van der Waals surface area contributed by atoms with Crippen molar-refractivity contribution in [3.8, 4) is 0 Å². The van der Waals surface area contributed by atoms with Gasteiger partial charge in [-0.15, -0.1) is 0 Å². The van der Waals surface area contributed by atoms with Gasteiger partial charge >= 0.3 is 0 Å². The summed E-state index contributed by atoms with van der Waals surface area (Å²) in [5.74, 6) is 0.965. The fraction of sp³-hybridized carbons (Fsp3) is 0.950. The molecule has 0 spiro atoms. The lowest BCUT2D eigenvalue weighted by molar-refractivity contribution is -0.122. The van der Waals surface area contributed by atoms with Crippen molar-refractivity contribution in [2.45, 2.75) is 46.6 Å². The number of piperidine rings is 1. The third-order valence-electron chi connectivity index (χ3n) is 5.43. The van der Waals surface area contributed by atoms with E-state index in [0.29, 0.717) is 19.1 Å². The second kappa shape index (κ2) is 13.5. The van der Waals surface area contributed by atoms with Crippen LogP contribution in [0.1, 0.15) is 40.5 Å². The van der Waals surface area contributed by atoms with Crippen LogP contribution < -0.4 is 10.6 Å². The van der Waals surface area contributed by atoms with Crippen molar-refractivity contribution in [2.24, 2.45) is 5.92 Å². The third kappa shape index (κ3) is 8.80. The zero-order chi connectivity index (χ0) is 19.4. The van der Waals surface area contributed by atoms with Crippen LogP contribution in [-0.2, 0) is 4.79 Å². The Morgan fingerprint density at radius 2 is 1.58 bits per heavy atom. The molecule has 2 rings (SSSR count). The molecule has 0 aromatic rings. The minimum Gasteiger partial charge on any atom is -0.354 e. The topological polar surface area (TPSA) is 50.9 Å². The molecule has 2 heterocycles. The molecule has 2 aliphatic heterocycles. The summed E-state index contributed by atoms with van der Waals surface area (Å²) in [6.07, 6.45) is 2.46. The van der Waals surface area contributed by atoms with E-state index in [9.17, 15) is 4.79 Å². The summed E-state index contributed by atoms with van der Waals surface area (Å²) < 4.78 is 0. The van der Waals surface area contributed by atoms with Gasteiger partial charge in [0.25, 0.3) is 0 Å². The molecule has 26 heavy (non-hydrogen) atoms. The molecule has 0 aliphatic carbocycles. The van der Waals surface area contributed by atoms with Gasteiger partial charge in [-0.25, -0.2) is 0 Å². The van der Waals surface area contributed by atoms with Crippen LogP contribution >= 0.6 is 0 Å². The molecule has 0 bridgehead atoms. The Balaban J connectivity index is 0.00000163. The van der Waals surface area contributed by atoms with E-state index < -0.39 is 0 Å². The van der Waals surface area contributed by atoms with Crippen LogP contribution in [0, 0.1) is 5.92 Å². The van der Waals surface area contributed by atoms with Gasteiger partial charge in [-0.3, -0.25) is 14.6 Å². The van der Waals surface area contributed by atoms with Gasteiger partial charge in [0.15, 0.2) is 0 Å². The lowest BCUT2D eigenvalue weighted by atomic mass is 9.96. The molecular weight excluding hydrogens is 326 g/mol. The Labute approximate surface area is 161 Å². The van der Waals surface area contributed by atoms with Gasteiger partial charge < -0.3 is 15.5 Å². The highest BCUT2D eigenvalue weighted by atomic mass is 16.2. The molecule has 0 saturated carbocycles. The van der Waals surface area contributed by atoms with E-state index in [0.717, 1.165) is 25.6 Å². The highest BCUT2D eigenvalue weighted by Crippen LogP contribution is 2.19. The van der Waals surface area contributed by atoms with E-state index in [1.54, 1.807) is 0 Å². The van der Waals surface area contributed by atoms with Gasteiger partial charge in [0, 0.05) is 51.9 Å². The second-order valence-corrected chi connectivity index (χ2v) is 7.60. The number of carbonyl (C=O) groups excluding carboxylic acids is 1. The summed E-state index contributed by atoms with van der Waals surface area (Å²) in [6.45, 7) is 18.9. The molecule has 2 saturated heterocycles. The Hall–Kier alpha value is -0.690. The minimum absolute atomic E-state index is 0.161. The molecule has 6 nitrogen and oxygen atoms in total. The van der Waals surface area contributed by atoms with Gasteiger partial charge in [0.2, 0.25) is 5.91 Å². The van der Waals surface area contributed by atoms with Crippen molar-refractivity contribution < 1.29 is 4.79 Å². The third-order valence-corrected chi connectivity index (χ3v) is 5.43. The van der Waals surface area contributed by atoms with Gasteiger partial charge in [-0.2, -0.15) is 0 Å². The smallest absolute Gasteiger partial charge is 0.234 e. The average molecular weight is 370 g/mol. The van der Waals surface area contributed by atoms with Crippen LogP contribution in [0.5, 0.6) is 0 Å². The van der Waals surface area contributed by atoms with Crippen LogP contribution in [0.3, 0.4) is 0 Å². The fourth-order valence-electron chi connectivity index (χ4n) is 3.74. The Morgan fingerprint density at radius 3 is 2.12 bits per heavy atom. The largest absolute Gasteiger partial charge is 0.354 e. The van der Waals surface area contributed by atoms with E-state index in [-0.39, 0.29) is 5.91 Å². The van der Waals surface area contributed by atoms with Gasteiger partial charge in [0.1, 0.15) is 0 Å². The zero-order valence-electron chi connectivity index (χ0n) is 17.9. The number of nitrogens with zero attached hydrogens (tertiary/aromatic N) is 3. The molecule has 2 N–H and O–H groups in total. The number of amides is 1. The van der Waals surface area contributed by atoms with Crippen molar-refractivity contribution in [1.82, 2.24) is 25.3 Å². The minimum atomic E-state index is 0.161. The highest BCUT2D eigenvalue weighted by molar-refractivity contribution is 5.78. The number of hydrogen-bond donors (Lipinski definition) is 2. The number of nitrogens with one attached hydrogen (secondary N) is 2. The van der Waals surface area contributed by atoms with Crippen LogP contribution in [-0.4, -0.2) is 99.1 Å². The molecule has 0 aromatic heterocycles. The molecule has 0 radical (unpaired) electrons. The molecule has 0 aromatic carbocycles. The van der Waals surface area contributed by atoms with Crippen molar-refractivity contribution in [1.29, 1.82) is 0 Å². The number of piperazine rings is 1. The van der Waals surface area contributed by atoms with E-state index in [4.69, 9.17) is 0 Å². The molecule has 154 valence electrons. The first-order valence-corrected chi connectivity index (χ1v) is 10.7. The van der Waals surface area contributed by atoms with E-state index in [1.807, 2.05) is 20.9 Å². The first kappa shape index (κ1) is 23.3. The van der Waals surface area contributed by atoms with Crippen molar-refractivity contribution in [3.05, 3.63) is 0 Å². The van der Waals surface area contributed by atoms with E-state index >= 15 is 0 Å². The van der Waals surface area contributed by atoms with Crippen LogP contribution in [0.25, 0.3) is 0 Å². The maximum Gasteiger partial charge on any atom is 0.234 e. The lowest BCUT2D eigenvalue weighted by Gasteiger charge is -2.40. The predicted octanol–water partition coefficient (Wildman–Crippen LogP) is 1.09. The highest BCUT2D eigenvalue weighted by Gasteiger charge is 2.25. The Bertz CT molecular complexity index is 361. The summed E-state index contributed by atoms with van der Waals surface area (Å²) in [7, 11) is 1.90. The molecule has 2 fully saturated rings. The summed E-state index contributed by atoms with van der Waals surface area (Å²) in [5, 5.41) is 6.01. The number of rotatable bonds is 8. The van der Waals surface area contributed by atoms with E-state index in [1.165, 1.54) is 45.6 Å². The van der Waals surface area contributed by atoms with Crippen molar-refractivity contribution in [2.75, 3.05) is 72.5 Å². The van der Waals surface area contributed by atoms with Crippen LogP contribution in [0.4, 0.5) is 0 Å². The standard InChI is InChI=1S/C18H37N5O.C2H6/c1-16(2)23-12-10-22(11-13-23)14-17-4-8-21(9-5-17)15-18(24)20-7-6-19-3;1-2/h16-17,19H,4-15H2,1-3H3,(H,20,24);1-2H3. The summed E-state index contributed by atoms with van der Waals surface area (Å²) in [5.41, 5.74) is 0. The number of likely N-dealkylation sites (N-methyl/N-ethyl adjacent to an activating group) is 1. The number of hydrogen-bond acceptors (Lipinski definition) is 5. The maximum absolute atomic E-state index is 11.9.